The Balaban J connectivity index is 2.56. The van der Waals surface area contributed by atoms with Gasteiger partial charge in [-0.05, 0) is 6.92 Å². The molecule has 3 N–H and O–H groups in total. The summed E-state index contributed by atoms with van der Waals surface area (Å²) in [5.41, 5.74) is 5.56. The lowest BCUT2D eigenvalue weighted by atomic mass is 10.4. The van der Waals surface area contributed by atoms with Crippen LogP contribution < -0.4 is 15.8 Å². The molecule has 0 bridgehead atoms. The van der Waals surface area contributed by atoms with Crippen molar-refractivity contribution < 1.29 is 4.74 Å². The van der Waals surface area contributed by atoms with Crippen molar-refractivity contribution in [1.82, 2.24) is 9.97 Å². The molecule has 1 aromatic rings. The van der Waals surface area contributed by atoms with E-state index in [0.717, 1.165) is 0 Å². The van der Waals surface area contributed by atoms with Gasteiger partial charge in [-0.15, -0.1) is 0 Å². The monoisotopic (exact) mass is 182 g/mol. The van der Waals surface area contributed by atoms with Crippen molar-refractivity contribution in [2.24, 2.45) is 5.73 Å². The van der Waals surface area contributed by atoms with Crippen molar-refractivity contribution in [2.45, 2.75) is 13.0 Å². The summed E-state index contributed by atoms with van der Waals surface area (Å²) in [6, 6.07) is 1.77. The Morgan fingerprint density at radius 2 is 2.46 bits per heavy atom. The van der Waals surface area contributed by atoms with Gasteiger partial charge in [-0.2, -0.15) is 4.98 Å². The van der Waals surface area contributed by atoms with Gasteiger partial charge in [0.2, 0.25) is 11.8 Å². The topological polar surface area (TPSA) is 73.1 Å². The summed E-state index contributed by atoms with van der Waals surface area (Å²) in [5, 5.41) is 2.99. The van der Waals surface area contributed by atoms with Gasteiger partial charge in [0.25, 0.3) is 0 Å². The number of hydrogen-bond acceptors (Lipinski definition) is 5. The van der Waals surface area contributed by atoms with Crippen LogP contribution in [0, 0.1) is 0 Å². The van der Waals surface area contributed by atoms with Gasteiger partial charge in [0, 0.05) is 24.8 Å². The Kier molecular flexibility index (Phi) is 3.45. The van der Waals surface area contributed by atoms with E-state index in [-0.39, 0.29) is 6.04 Å². The molecule has 1 atom stereocenters. The molecule has 0 aliphatic carbocycles. The van der Waals surface area contributed by atoms with Crippen molar-refractivity contribution in [2.75, 3.05) is 19.0 Å². The summed E-state index contributed by atoms with van der Waals surface area (Å²) in [5.74, 6) is 1.08. The minimum atomic E-state index is 0.0785. The number of hydrogen-bond donors (Lipinski definition) is 2. The highest BCUT2D eigenvalue weighted by Gasteiger charge is 1.99. The van der Waals surface area contributed by atoms with Crippen LogP contribution in [-0.2, 0) is 0 Å². The van der Waals surface area contributed by atoms with Crippen LogP contribution in [0.2, 0.25) is 0 Å². The first-order valence-corrected chi connectivity index (χ1v) is 4.09. The third-order valence-corrected chi connectivity index (χ3v) is 1.42. The van der Waals surface area contributed by atoms with Crippen molar-refractivity contribution in [1.29, 1.82) is 0 Å². The standard InChI is InChI=1S/C8H14N4O/c1-6(9)5-11-8-10-4-3-7(12-8)13-2/h3-4,6H,5,9H2,1-2H3,(H,10,11,12). The minimum absolute atomic E-state index is 0.0785. The van der Waals surface area contributed by atoms with E-state index < -0.39 is 0 Å². The summed E-state index contributed by atoms with van der Waals surface area (Å²) >= 11 is 0. The van der Waals surface area contributed by atoms with E-state index in [1.54, 1.807) is 19.4 Å². The molecule has 1 unspecified atom stereocenters. The highest BCUT2D eigenvalue weighted by atomic mass is 16.5. The molecule has 0 saturated heterocycles. The van der Waals surface area contributed by atoms with Gasteiger partial charge in [-0.3, -0.25) is 0 Å². The van der Waals surface area contributed by atoms with E-state index in [4.69, 9.17) is 10.5 Å². The molecular weight excluding hydrogens is 168 g/mol. The third kappa shape index (κ3) is 3.25. The summed E-state index contributed by atoms with van der Waals surface area (Å²) < 4.78 is 4.94. The van der Waals surface area contributed by atoms with Gasteiger partial charge in [-0.25, -0.2) is 4.98 Å². The summed E-state index contributed by atoms with van der Waals surface area (Å²) in [4.78, 5) is 8.06. The molecule has 0 aliphatic heterocycles. The molecule has 0 spiro atoms. The largest absolute Gasteiger partial charge is 0.481 e. The predicted molar refractivity (Wildman–Crippen MR) is 50.7 cm³/mol. The molecule has 0 amide bonds. The van der Waals surface area contributed by atoms with Crippen LogP contribution in [0.25, 0.3) is 0 Å². The van der Waals surface area contributed by atoms with Crippen LogP contribution in [-0.4, -0.2) is 29.7 Å². The maximum atomic E-state index is 5.56. The summed E-state index contributed by atoms with van der Waals surface area (Å²) in [7, 11) is 1.57. The SMILES string of the molecule is COc1ccnc(NCC(C)N)n1. The van der Waals surface area contributed by atoms with Crippen molar-refractivity contribution >= 4 is 5.95 Å². The molecule has 13 heavy (non-hydrogen) atoms. The number of nitrogens with zero attached hydrogens (tertiary/aromatic N) is 2. The Labute approximate surface area is 77.3 Å². The quantitative estimate of drug-likeness (QED) is 0.698. The molecule has 0 saturated carbocycles. The van der Waals surface area contributed by atoms with Gasteiger partial charge in [0.1, 0.15) is 0 Å². The summed E-state index contributed by atoms with van der Waals surface area (Å²) in [6.45, 7) is 2.56. The second kappa shape index (κ2) is 4.61. The number of nitrogens with two attached hydrogens (primary N) is 1. The third-order valence-electron chi connectivity index (χ3n) is 1.42. The number of anilines is 1. The zero-order chi connectivity index (χ0) is 9.68. The van der Waals surface area contributed by atoms with Crippen LogP contribution >= 0.6 is 0 Å². The molecule has 5 heteroatoms. The Morgan fingerprint density at radius 3 is 3.08 bits per heavy atom. The first-order chi connectivity index (χ1) is 6.22. The maximum Gasteiger partial charge on any atom is 0.225 e. The van der Waals surface area contributed by atoms with Crippen molar-refractivity contribution in [3.63, 3.8) is 0 Å². The average Bonchev–Trinajstić information content (AvgIpc) is 2.15. The van der Waals surface area contributed by atoms with Crippen LogP contribution in [0.5, 0.6) is 5.88 Å². The van der Waals surface area contributed by atoms with E-state index in [0.29, 0.717) is 18.4 Å². The number of methoxy groups -OCH3 is 1. The second-order valence-corrected chi connectivity index (χ2v) is 2.78. The van der Waals surface area contributed by atoms with E-state index in [2.05, 4.69) is 15.3 Å². The number of rotatable bonds is 4. The number of nitrogens with one attached hydrogen (secondary N) is 1. The van der Waals surface area contributed by atoms with Crippen molar-refractivity contribution in [3.05, 3.63) is 12.3 Å². The Bertz CT molecular complexity index is 264. The zero-order valence-corrected chi connectivity index (χ0v) is 7.82. The first-order valence-electron chi connectivity index (χ1n) is 4.09. The van der Waals surface area contributed by atoms with E-state index >= 15 is 0 Å². The highest BCUT2D eigenvalue weighted by Crippen LogP contribution is 2.06. The molecule has 5 nitrogen and oxygen atoms in total. The molecule has 1 heterocycles. The van der Waals surface area contributed by atoms with Crippen molar-refractivity contribution in [3.8, 4) is 5.88 Å². The Morgan fingerprint density at radius 1 is 1.69 bits per heavy atom. The lowest BCUT2D eigenvalue weighted by Crippen LogP contribution is -2.25. The minimum Gasteiger partial charge on any atom is -0.481 e. The fraction of sp³-hybridized carbons (Fsp3) is 0.500. The molecule has 0 aromatic carbocycles. The lowest BCUT2D eigenvalue weighted by molar-refractivity contribution is 0.397. The highest BCUT2D eigenvalue weighted by molar-refractivity contribution is 5.27. The number of ether oxygens (including phenoxy) is 1. The summed E-state index contributed by atoms with van der Waals surface area (Å²) in [6.07, 6.45) is 1.63. The smallest absolute Gasteiger partial charge is 0.225 e. The van der Waals surface area contributed by atoms with Gasteiger partial charge in [0.15, 0.2) is 0 Å². The van der Waals surface area contributed by atoms with Gasteiger partial charge < -0.3 is 15.8 Å². The fourth-order valence-corrected chi connectivity index (χ4v) is 0.793. The van der Waals surface area contributed by atoms with Gasteiger partial charge in [0.05, 0.1) is 7.11 Å². The van der Waals surface area contributed by atoms with E-state index in [1.165, 1.54) is 0 Å². The first kappa shape index (κ1) is 9.73. The maximum absolute atomic E-state index is 5.56. The second-order valence-electron chi connectivity index (χ2n) is 2.78. The molecule has 0 aliphatic rings. The molecule has 1 rings (SSSR count). The normalized spacial score (nSPS) is 12.2. The van der Waals surface area contributed by atoms with E-state index in [9.17, 15) is 0 Å². The Hall–Kier alpha value is -1.36. The molecule has 0 fully saturated rings. The lowest BCUT2D eigenvalue weighted by Gasteiger charge is -2.07. The van der Waals surface area contributed by atoms with Crippen LogP contribution in [0.1, 0.15) is 6.92 Å². The van der Waals surface area contributed by atoms with Gasteiger partial charge >= 0.3 is 0 Å². The van der Waals surface area contributed by atoms with Crippen LogP contribution in [0.15, 0.2) is 12.3 Å². The molecule has 1 aromatic heterocycles. The van der Waals surface area contributed by atoms with Gasteiger partial charge in [-0.1, -0.05) is 0 Å². The molecular formula is C8H14N4O. The van der Waals surface area contributed by atoms with Crippen LogP contribution in [0.4, 0.5) is 5.95 Å². The fourth-order valence-electron chi connectivity index (χ4n) is 0.793. The molecule has 72 valence electrons. The molecule has 0 radical (unpaired) electrons. The zero-order valence-electron chi connectivity index (χ0n) is 7.82. The average molecular weight is 182 g/mol. The predicted octanol–water partition coefficient (Wildman–Crippen LogP) is 0.244. The van der Waals surface area contributed by atoms with E-state index in [1.807, 2.05) is 6.92 Å². The van der Waals surface area contributed by atoms with Crippen LogP contribution in [0.3, 0.4) is 0 Å². The number of aromatic nitrogens is 2.